The maximum Gasteiger partial charge on any atom is 0.157 e. The Kier molecular flexibility index (Phi) is 2.25. The fourth-order valence-corrected chi connectivity index (χ4v) is 0.947. The van der Waals surface area contributed by atoms with Crippen LogP contribution in [0.3, 0.4) is 0 Å². The Labute approximate surface area is 75.6 Å². The van der Waals surface area contributed by atoms with Gasteiger partial charge < -0.3 is 20.7 Å². The quantitative estimate of drug-likeness (QED) is 0.588. The Balaban J connectivity index is 3.08. The summed E-state index contributed by atoms with van der Waals surface area (Å²) in [6.07, 6.45) is 0. The summed E-state index contributed by atoms with van der Waals surface area (Å²) in [5, 5.41) is 19.6. The molecule has 0 aliphatic rings. The van der Waals surface area contributed by atoms with Crippen molar-refractivity contribution in [3.8, 4) is 5.75 Å². The highest BCUT2D eigenvalue weighted by atomic mass is 16.4. The molecule has 0 heterocycles. The molecule has 4 nitrogen and oxygen atoms in total. The Morgan fingerprint density at radius 3 is 2.31 bits per heavy atom. The Morgan fingerprint density at radius 1 is 1.46 bits per heavy atom. The lowest BCUT2D eigenvalue weighted by molar-refractivity contribution is -0.489. The first-order valence-electron chi connectivity index (χ1n) is 3.81. The van der Waals surface area contributed by atoms with Gasteiger partial charge in [-0.05, 0) is 24.3 Å². The molecular weight excluding hydrogens is 170 g/mol. The third-order valence-electron chi connectivity index (χ3n) is 1.95. The molecule has 4 heteroatoms. The number of aliphatic carboxylic acids is 1. The molecule has 70 valence electrons. The molecule has 13 heavy (non-hydrogen) atoms. The van der Waals surface area contributed by atoms with E-state index in [9.17, 15) is 9.90 Å². The number of carboxylic acid groups (broad SMARTS) is 1. The van der Waals surface area contributed by atoms with Gasteiger partial charge in [-0.15, -0.1) is 0 Å². The summed E-state index contributed by atoms with van der Waals surface area (Å²) < 4.78 is 0. The summed E-state index contributed by atoms with van der Waals surface area (Å²) >= 11 is 0. The molecule has 0 aliphatic heterocycles. The summed E-state index contributed by atoms with van der Waals surface area (Å²) in [6, 6.07) is 5.86. The van der Waals surface area contributed by atoms with Crippen molar-refractivity contribution in [3.63, 3.8) is 0 Å². The molecule has 0 amide bonds. The molecule has 1 rings (SSSR count). The van der Waals surface area contributed by atoms with E-state index in [1.165, 1.54) is 31.2 Å². The Morgan fingerprint density at radius 2 is 1.92 bits per heavy atom. The molecule has 1 aromatic carbocycles. The number of carboxylic acids is 1. The second-order valence-corrected chi connectivity index (χ2v) is 3.17. The summed E-state index contributed by atoms with van der Waals surface area (Å²) in [4.78, 5) is 10.7. The van der Waals surface area contributed by atoms with Crippen molar-refractivity contribution in [1.29, 1.82) is 0 Å². The van der Waals surface area contributed by atoms with Crippen molar-refractivity contribution in [2.24, 2.45) is 0 Å². The largest absolute Gasteiger partial charge is 0.543 e. The van der Waals surface area contributed by atoms with E-state index in [1.807, 2.05) is 0 Å². The molecular formula is C9H11NO3. The van der Waals surface area contributed by atoms with Crippen LogP contribution in [0.2, 0.25) is 0 Å². The molecule has 1 atom stereocenters. The van der Waals surface area contributed by atoms with Crippen LogP contribution in [0.1, 0.15) is 12.5 Å². The molecule has 0 radical (unpaired) electrons. The first-order chi connectivity index (χ1) is 5.94. The SMILES string of the molecule is C[C@]([NH3+])(C(=O)[O-])c1ccc(O)cc1. The lowest BCUT2D eigenvalue weighted by Crippen LogP contribution is -2.75. The van der Waals surface area contributed by atoms with Gasteiger partial charge in [0, 0.05) is 12.5 Å². The summed E-state index contributed by atoms with van der Waals surface area (Å²) in [7, 11) is 0. The maximum atomic E-state index is 10.7. The van der Waals surface area contributed by atoms with Crippen LogP contribution in [0.4, 0.5) is 0 Å². The second-order valence-electron chi connectivity index (χ2n) is 3.17. The number of benzene rings is 1. The number of phenolic OH excluding ortho intramolecular Hbond substituents is 1. The van der Waals surface area contributed by atoms with E-state index in [2.05, 4.69) is 5.73 Å². The van der Waals surface area contributed by atoms with Crippen molar-refractivity contribution >= 4 is 5.97 Å². The van der Waals surface area contributed by atoms with Crippen LogP contribution >= 0.6 is 0 Å². The number of hydrogen-bond donors (Lipinski definition) is 2. The first-order valence-corrected chi connectivity index (χ1v) is 3.81. The lowest BCUT2D eigenvalue weighted by atomic mass is 9.93. The highest BCUT2D eigenvalue weighted by Gasteiger charge is 2.26. The van der Waals surface area contributed by atoms with Crippen molar-refractivity contribution in [3.05, 3.63) is 29.8 Å². The van der Waals surface area contributed by atoms with Gasteiger partial charge in [0.15, 0.2) is 5.54 Å². The Bertz CT molecular complexity index is 316. The van der Waals surface area contributed by atoms with E-state index in [-0.39, 0.29) is 5.75 Å². The average Bonchev–Trinajstić information content (AvgIpc) is 2.04. The fraction of sp³-hybridized carbons (Fsp3) is 0.222. The van der Waals surface area contributed by atoms with Gasteiger partial charge >= 0.3 is 0 Å². The zero-order valence-electron chi connectivity index (χ0n) is 7.28. The minimum absolute atomic E-state index is 0.0953. The van der Waals surface area contributed by atoms with Gasteiger partial charge in [0.2, 0.25) is 0 Å². The molecule has 0 spiro atoms. The first kappa shape index (κ1) is 9.54. The van der Waals surface area contributed by atoms with Crippen molar-refractivity contribution < 1.29 is 20.7 Å². The topological polar surface area (TPSA) is 88.0 Å². The minimum atomic E-state index is -1.27. The molecule has 0 saturated carbocycles. The van der Waals surface area contributed by atoms with Crippen LogP contribution in [0.25, 0.3) is 0 Å². The molecule has 0 bridgehead atoms. The van der Waals surface area contributed by atoms with Gasteiger partial charge in [-0.3, -0.25) is 0 Å². The minimum Gasteiger partial charge on any atom is -0.543 e. The Hall–Kier alpha value is -1.55. The lowest BCUT2D eigenvalue weighted by Gasteiger charge is -2.22. The third kappa shape index (κ3) is 1.78. The number of phenols is 1. The summed E-state index contributed by atoms with van der Waals surface area (Å²) in [5.41, 5.74) is 2.76. The smallest absolute Gasteiger partial charge is 0.157 e. The van der Waals surface area contributed by atoms with E-state index in [0.29, 0.717) is 5.56 Å². The van der Waals surface area contributed by atoms with Crippen LogP contribution in [0.5, 0.6) is 5.75 Å². The summed E-state index contributed by atoms with van der Waals surface area (Å²) in [5.74, 6) is -1.14. The van der Waals surface area contributed by atoms with Crippen LogP contribution in [-0.2, 0) is 10.3 Å². The number of quaternary nitrogens is 1. The molecule has 0 aromatic heterocycles. The van der Waals surface area contributed by atoms with Gasteiger partial charge in [0.05, 0.1) is 0 Å². The van der Waals surface area contributed by atoms with Crippen LogP contribution in [0, 0.1) is 0 Å². The normalized spacial score (nSPS) is 14.9. The highest BCUT2D eigenvalue weighted by molar-refractivity contribution is 5.76. The second kappa shape index (κ2) is 3.06. The maximum absolute atomic E-state index is 10.7. The van der Waals surface area contributed by atoms with Gasteiger partial charge in [0.25, 0.3) is 0 Å². The van der Waals surface area contributed by atoms with Gasteiger partial charge in [-0.1, -0.05) is 0 Å². The van der Waals surface area contributed by atoms with Crippen LogP contribution in [0.15, 0.2) is 24.3 Å². The molecule has 0 saturated heterocycles. The van der Waals surface area contributed by atoms with E-state index >= 15 is 0 Å². The number of aromatic hydroxyl groups is 1. The van der Waals surface area contributed by atoms with E-state index in [0.717, 1.165) is 0 Å². The standard InChI is InChI=1S/C9H11NO3/c1-9(10,8(12)13)6-2-4-7(11)5-3-6/h2-5,11H,10H2,1H3,(H,12,13)/t9-/m1/s1. The van der Waals surface area contributed by atoms with E-state index in [4.69, 9.17) is 5.11 Å². The zero-order chi connectivity index (χ0) is 10.1. The number of hydrogen-bond acceptors (Lipinski definition) is 3. The van der Waals surface area contributed by atoms with Crippen LogP contribution < -0.4 is 10.8 Å². The van der Waals surface area contributed by atoms with Crippen molar-refractivity contribution in [2.75, 3.05) is 0 Å². The summed E-state index contributed by atoms with van der Waals surface area (Å²) in [6.45, 7) is 1.45. The zero-order valence-corrected chi connectivity index (χ0v) is 7.28. The van der Waals surface area contributed by atoms with Crippen LogP contribution in [-0.4, -0.2) is 11.1 Å². The van der Waals surface area contributed by atoms with Crippen molar-refractivity contribution in [1.82, 2.24) is 0 Å². The average molecular weight is 181 g/mol. The molecule has 0 fully saturated rings. The van der Waals surface area contributed by atoms with Gasteiger partial charge in [-0.2, -0.15) is 0 Å². The third-order valence-corrected chi connectivity index (χ3v) is 1.95. The molecule has 0 aliphatic carbocycles. The molecule has 1 aromatic rings. The van der Waals surface area contributed by atoms with E-state index < -0.39 is 11.5 Å². The molecule has 0 unspecified atom stereocenters. The monoisotopic (exact) mass is 181 g/mol. The number of carbonyl (C=O) groups is 1. The van der Waals surface area contributed by atoms with Gasteiger partial charge in [0.1, 0.15) is 11.7 Å². The highest BCUT2D eigenvalue weighted by Crippen LogP contribution is 2.17. The fourth-order valence-electron chi connectivity index (χ4n) is 0.947. The predicted molar refractivity (Wildman–Crippen MR) is 43.4 cm³/mol. The van der Waals surface area contributed by atoms with Gasteiger partial charge in [-0.25, -0.2) is 0 Å². The molecule has 4 N–H and O–H groups in total. The number of carbonyl (C=O) groups excluding carboxylic acids is 1. The predicted octanol–water partition coefficient (Wildman–Crippen LogP) is -1.40. The van der Waals surface area contributed by atoms with Crippen molar-refractivity contribution in [2.45, 2.75) is 12.5 Å². The number of rotatable bonds is 2. The van der Waals surface area contributed by atoms with E-state index in [1.54, 1.807) is 0 Å².